The first-order valence-electron chi connectivity index (χ1n) is 8.66. The molecule has 3 N–H and O–H groups in total. The van der Waals surface area contributed by atoms with Gasteiger partial charge in [0.05, 0.1) is 6.42 Å². The van der Waals surface area contributed by atoms with Crippen LogP contribution in [-0.4, -0.2) is 25.0 Å². The fourth-order valence-electron chi connectivity index (χ4n) is 3.39. The van der Waals surface area contributed by atoms with Gasteiger partial charge >= 0.3 is 0 Å². The fourth-order valence-corrected chi connectivity index (χ4v) is 3.39. The van der Waals surface area contributed by atoms with E-state index >= 15 is 0 Å². The van der Waals surface area contributed by atoms with Gasteiger partial charge in [-0.2, -0.15) is 0 Å². The Kier molecular flexibility index (Phi) is 5.22. The van der Waals surface area contributed by atoms with Gasteiger partial charge in [0.1, 0.15) is 5.82 Å². The van der Waals surface area contributed by atoms with E-state index in [2.05, 4.69) is 10.2 Å². The number of nitrogens with zero attached hydrogens (tertiary/aromatic N) is 1. The van der Waals surface area contributed by atoms with Crippen molar-refractivity contribution in [1.82, 2.24) is 5.32 Å². The van der Waals surface area contributed by atoms with Crippen LogP contribution in [0.3, 0.4) is 0 Å². The van der Waals surface area contributed by atoms with Gasteiger partial charge in [-0.25, -0.2) is 4.39 Å². The summed E-state index contributed by atoms with van der Waals surface area (Å²) in [5.41, 5.74) is 9.28. The highest BCUT2D eigenvalue weighted by molar-refractivity contribution is 5.79. The third-order valence-corrected chi connectivity index (χ3v) is 4.63. The van der Waals surface area contributed by atoms with Crippen LogP contribution in [0.25, 0.3) is 0 Å². The highest BCUT2D eigenvalue weighted by Crippen LogP contribution is 2.24. The summed E-state index contributed by atoms with van der Waals surface area (Å²) in [4.78, 5) is 14.5. The van der Waals surface area contributed by atoms with Crippen LogP contribution in [-0.2, 0) is 11.2 Å². The van der Waals surface area contributed by atoms with E-state index in [0.717, 1.165) is 42.7 Å². The molecule has 4 nitrogen and oxygen atoms in total. The molecule has 3 rings (SSSR count). The van der Waals surface area contributed by atoms with E-state index in [4.69, 9.17) is 5.73 Å². The van der Waals surface area contributed by atoms with E-state index < -0.39 is 0 Å². The number of halogens is 1. The number of nitrogens with one attached hydrogen (secondary N) is 1. The molecule has 0 aliphatic carbocycles. The summed E-state index contributed by atoms with van der Waals surface area (Å²) in [5.74, 6) is -0.195. The smallest absolute Gasteiger partial charge is 0.224 e. The van der Waals surface area contributed by atoms with Crippen LogP contribution in [0, 0.1) is 12.7 Å². The summed E-state index contributed by atoms with van der Waals surface area (Å²) in [5, 5.41) is 3.13. The lowest BCUT2D eigenvalue weighted by Gasteiger charge is -2.35. The van der Waals surface area contributed by atoms with Gasteiger partial charge < -0.3 is 16.0 Å². The normalized spacial score (nSPS) is 17.4. The number of benzene rings is 2. The Morgan fingerprint density at radius 3 is 2.76 bits per heavy atom. The van der Waals surface area contributed by atoms with Gasteiger partial charge in [0.2, 0.25) is 5.91 Å². The maximum absolute atomic E-state index is 13.3. The van der Waals surface area contributed by atoms with Crippen LogP contribution in [0.5, 0.6) is 0 Å². The summed E-state index contributed by atoms with van der Waals surface area (Å²) in [7, 11) is 0. The third-order valence-electron chi connectivity index (χ3n) is 4.63. The molecule has 132 valence electrons. The second kappa shape index (κ2) is 7.55. The number of nitrogens with two attached hydrogens (primary N) is 1. The molecule has 0 saturated carbocycles. The molecule has 0 spiro atoms. The zero-order chi connectivity index (χ0) is 17.8. The molecule has 0 aromatic heterocycles. The van der Waals surface area contributed by atoms with Crippen LogP contribution >= 0.6 is 0 Å². The molecule has 1 aliphatic heterocycles. The maximum atomic E-state index is 13.3. The second-order valence-corrected chi connectivity index (χ2v) is 6.70. The van der Waals surface area contributed by atoms with Crippen molar-refractivity contribution in [1.29, 1.82) is 0 Å². The van der Waals surface area contributed by atoms with E-state index in [0.29, 0.717) is 12.1 Å². The van der Waals surface area contributed by atoms with Crippen LogP contribution < -0.4 is 16.0 Å². The minimum atomic E-state index is -0.216. The number of carbonyl (C=O) groups is 1. The maximum Gasteiger partial charge on any atom is 0.224 e. The largest absolute Gasteiger partial charge is 0.399 e. The van der Waals surface area contributed by atoms with Crippen LogP contribution in [0.2, 0.25) is 0 Å². The molecule has 1 saturated heterocycles. The molecule has 1 amide bonds. The van der Waals surface area contributed by atoms with E-state index in [1.807, 2.05) is 37.3 Å². The summed E-state index contributed by atoms with van der Waals surface area (Å²) >= 11 is 0. The second-order valence-electron chi connectivity index (χ2n) is 6.70. The number of piperidine rings is 1. The van der Waals surface area contributed by atoms with Gasteiger partial charge in [0, 0.05) is 30.5 Å². The summed E-state index contributed by atoms with van der Waals surface area (Å²) in [6, 6.07) is 12.4. The standard InChI is InChI=1S/C20H24FN3O/c1-14-11-16(21)6-9-19(14)24-10-2-3-18(13-24)23-20(25)12-15-4-7-17(22)8-5-15/h4-9,11,18H,2-3,10,12-13,22H2,1H3,(H,23,25). The minimum absolute atomic E-state index is 0.0208. The fraction of sp³-hybridized carbons (Fsp3) is 0.350. The number of nitrogen functional groups attached to an aromatic ring is 1. The van der Waals surface area contributed by atoms with Crippen molar-refractivity contribution < 1.29 is 9.18 Å². The predicted octanol–water partition coefficient (Wildman–Crippen LogP) is 3.04. The lowest BCUT2D eigenvalue weighted by molar-refractivity contribution is -0.121. The Balaban J connectivity index is 1.59. The number of aryl methyl sites for hydroxylation is 1. The zero-order valence-electron chi connectivity index (χ0n) is 14.5. The van der Waals surface area contributed by atoms with E-state index in [1.165, 1.54) is 6.07 Å². The Labute approximate surface area is 147 Å². The van der Waals surface area contributed by atoms with Gasteiger partial charge in [-0.15, -0.1) is 0 Å². The quantitative estimate of drug-likeness (QED) is 0.841. The predicted molar refractivity (Wildman–Crippen MR) is 99.1 cm³/mol. The minimum Gasteiger partial charge on any atom is -0.399 e. The van der Waals surface area contributed by atoms with Crippen LogP contribution in [0.4, 0.5) is 15.8 Å². The first kappa shape index (κ1) is 17.3. The van der Waals surface area contributed by atoms with Crippen molar-refractivity contribution >= 4 is 17.3 Å². The Bertz CT molecular complexity index is 745. The monoisotopic (exact) mass is 341 g/mol. The van der Waals surface area contributed by atoms with Crippen molar-refractivity contribution in [2.75, 3.05) is 23.7 Å². The average molecular weight is 341 g/mol. The highest BCUT2D eigenvalue weighted by atomic mass is 19.1. The van der Waals surface area contributed by atoms with Gasteiger partial charge in [0.15, 0.2) is 0 Å². The SMILES string of the molecule is Cc1cc(F)ccc1N1CCCC(NC(=O)Cc2ccc(N)cc2)C1. The molecule has 0 bridgehead atoms. The summed E-state index contributed by atoms with van der Waals surface area (Å²) < 4.78 is 13.3. The average Bonchev–Trinajstić information content (AvgIpc) is 2.57. The Hall–Kier alpha value is -2.56. The lowest BCUT2D eigenvalue weighted by atomic mass is 10.0. The van der Waals surface area contributed by atoms with E-state index in [1.54, 1.807) is 6.07 Å². The molecule has 1 heterocycles. The van der Waals surface area contributed by atoms with Crippen molar-refractivity contribution in [2.24, 2.45) is 0 Å². The Morgan fingerprint density at radius 2 is 2.04 bits per heavy atom. The van der Waals surface area contributed by atoms with Gasteiger partial charge in [-0.1, -0.05) is 12.1 Å². The van der Waals surface area contributed by atoms with Crippen molar-refractivity contribution in [3.05, 3.63) is 59.4 Å². The molecule has 2 aromatic carbocycles. The molecule has 1 unspecified atom stereocenters. The van der Waals surface area contributed by atoms with E-state index in [-0.39, 0.29) is 17.8 Å². The zero-order valence-corrected chi connectivity index (χ0v) is 14.5. The molecule has 25 heavy (non-hydrogen) atoms. The number of hydrogen-bond donors (Lipinski definition) is 2. The number of amides is 1. The molecule has 1 fully saturated rings. The molecule has 0 radical (unpaired) electrons. The highest BCUT2D eigenvalue weighted by Gasteiger charge is 2.22. The van der Waals surface area contributed by atoms with Gasteiger partial charge in [0.25, 0.3) is 0 Å². The van der Waals surface area contributed by atoms with Crippen molar-refractivity contribution in [2.45, 2.75) is 32.2 Å². The topological polar surface area (TPSA) is 58.4 Å². The van der Waals surface area contributed by atoms with Gasteiger partial charge in [-0.3, -0.25) is 4.79 Å². The molecular weight excluding hydrogens is 317 g/mol. The third kappa shape index (κ3) is 4.50. The molecule has 1 atom stereocenters. The molecule has 1 aliphatic rings. The molecule has 2 aromatic rings. The van der Waals surface area contributed by atoms with Crippen molar-refractivity contribution in [3.8, 4) is 0 Å². The van der Waals surface area contributed by atoms with Crippen LogP contribution in [0.15, 0.2) is 42.5 Å². The van der Waals surface area contributed by atoms with Crippen LogP contribution in [0.1, 0.15) is 24.0 Å². The number of anilines is 2. The number of rotatable bonds is 4. The summed E-state index contributed by atoms with van der Waals surface area (Å²) in [6.07, 6.45) is 2.32. The van der Waals surface area contributed by atoms with Gasteiger partial charge in [-0.05, 0) is 61.2 Å². The van der Waals surface area contributed by atoms with Crippen molar-refractivity contribution in [3.63, 3.8) is 0 Å². The number of carbonyl (C=O) groups excluding carboxylic acids is 1. The first-order chi connectivity index (χ1) is 12.0. The molecule has 5 heteroatoms. The Morgan fingerprint density at radius 1 is 1.28 bits per heavy atom. The molecular formula is C20H24FN3O. The first-order valence-corrected chi connectivity index (χ1v) is 8.66. The number of hydrogen-bond acceptors (Lipinski definition) is 3. The lowest BCUT2D eigenvalue weighted by Crippen LogP contribution is -2.48. The summed E-state index contributed by atoms with van der Waals surface area (Å²) in [6.45, 7) is 3.60. The van der Waals surface area contributed by atoms with E-state index in [9.17, 15) is 9.18 Å².